The van der Waals surface area contributed by atoms with Crippen molar-refractivity contribution in [3.63, 3.8) is 0 Å². The highest BCUT2D eigenvalue weighted by Crippen LogP contribution is 2.42. The number of carbonyl (C=O) groups excluding carboxylic acids is 2. The predicted octanol–water partition coefficient (Wildman–Crippen LogP) is 4.95. The van der Waals surface area contributed by atoms with Crippen LogP contribution in [0, 0.1) is 6.92 Å². The SMILES string of the molecule is Cc1ccc2c(ccc3sc4c(c32)NC[C@@H](C)N(C(=O)OC(C)(C)C)C4=O)n1. The zero-order valence-corrected chi connectivity index (χ0v) is 17.4. The Morgan fingerprint density at radius 3 is 2.75 bits per heavy atom. The zero-order chi connectivity index (χ0) is 20.2. The maximum Gasteiger partial charge on any atom is 0.417 e. The highest BCUT2D eigenvalue weighted by Gasteiger charge is 2.37. The van der Waals surface area contributed by atoms with Gasteiger partial charge < -0.3 is 10.1 Å². The second-order valence-corrected chi connectivity index (χ2v) is 9.20. The smallest absolute Gasteiger partial charge is 0.417 e. The van der Waals surface area contributed by atoms with Crippen LogP contribution in [0.3, 0.4) is 0 Å². The number of anilines is 1. The molecule has 1 N–H and O–H groups in total. The normalized spacial score (nSPS) is 17.4. The Bertz CT molecular complexity index is 1110. The molecule has 28 heavy (non-hydrogen) atoms. The van der Waals surface area contributed by atoms with Gasteiger partial charge in [0.2, 0.25) is 0 Å². The van der Waals surface area contributed by atoms with E-state index in [0.29, 0.717) is 11.4 Å². The van der Waals surface area contributed by atoms with E-state index < -0.39 is 11.7 Å². The number of aromatic nitrogens is 1. The highest BCUT2D eigenvalue weighted by atomic mass is 32.1. The summed E-state index contributed by atoms with van der Waals surface area (Å²) in [6.45, 7) is 9.64. The Balaban J connectivity index is 1.86. The van der Waals surface area contributed by atoms with Crippen LogP contribution >= 0.6 is 11.3 Å². The number of aryl methyl sites for hydroxylation is 1. The summed E-state index contributed by atoms with van der Waals surface area (Å²) >= 11 is 1.39. The minimum atomic E-state index is -0.667. The largest absolute Gasteiger partial charge is 0.443 e. The van der Waals surface area contributed by atoms with Gasteiger partial charge in [-0.2, -0.15) is 0 Å². The standard InChI is InChI=1S/C21H23N3O3S/c1-11-6-7-13-14(23-11)8-9-15-16(13)17-18(28-15)19(25)24(12(2)10-22-17)20(26)27-21(3,4)5/h6-9,12,22H,10H2,1-5H3/t12-/m1/s1. The van der Waals surface area contributed by atoms with Gasteiger partial charge in [0.05, 0.1) is 17.2 Å². The summed E-state index contributed by atoms with van der Waals surface area (Å²) in [6, 6.07) is 7.64. The van der Waals surface area contributed by atoms with Crippen molar-refractivity contribution in [3.05, 3.63) is 34.8 Å². The molecule has 1 aromatic carbocycles. The van der Waals surface area contributed by atoms with Gasteiger partial charge in [0, 0.05) is 27.7 Å². The Morgan fingerprint density at radius 2 is 2.04 bits per heavy atom. The van der Waals surface area contributed by atoms with E-state index in [1.807, 2.05) is 38.1 Å². The Morgan fingerprint density at radius 1 is 1.29 bits per heavy atom. The van der Waals surface area contributed by atoms with Crippen molar-refractivity contribution < 1.29 is 14.3 Å². The van der Waals surface area contributed by atoms with Crippen molar-refractivity contribution in [1.82, 2.24) is 9.88 Å². The van der Waals surface area contributed by atoms with Crippen LogP contribution in [0.1, 0.15) is 43.1 Å². The van der Waals surface area contributed by atoms with Gasteiger partial charge in [0.25, 0.3) is 5.91 Å². The average Bonchev–Trinajstić information content (AvgIpc) is 2.91. The number of nitrogens with one attached hydrogen (secondary N) is 1. The third kappa shape index (κ3) is 3.09. The van der Waals surface area contributed by atoms with E-state index in [1.54, 1.807) is 20.8 Å². The van der Waals surface area contributed by atoms with E-state index in [4.69, 9.17) is 4.74 Å². The highest BCUT2D eigenvalue weighted by molar-refractivity contribution is 7.21. The van der Waals surface area contributed by atoms with Crippen molar-refractivity contribution >= 4 is 50.0 Å². The number of hydrogen-bond donors (Lipinski definition) is 1. The van der Waals surface area contributed by atoms with E-state index in [-0.39, 0.29) is 11.9 Å². The third-order valence-corrected chi connectivity index (χ3v) is 5.82. The fourth-order valence-corrected chi connectivity index (χ4v) is 4.58. The van der Waals surface area contributed by atoms with E-state index >= 15 is 0 Å². The molecule has 7 heteroatoms. The van der Waals surface area contributed by atoms with Gasteiger partial charge in [-0.3, -0.25) is 9.78 Å². The molecule has 0 aliphatic carbocycles. The molecule has 0 fully saturated rings. The van der Waals surface area contributed by atoms with Gasteiger partial charge >= 0.3 is 6.09 Å². The van der Waals surface area contributed by atoms with Crippen molar-refractivity contribution in [3.8, 4) is 0 Å². The first-order valence-electron chi connectivity index (χ1n) is 9.29. The van der Waals surface area contributed by atoms with Crippen LogP contribution in [0.25, 0.3) is 21.0 Å². The number of imide groups is 1. The second-order valence-electron chi connectivity index (χ2n) is 8.15. The molecule has 0 unspecified atom stereocenters. The topological polar surface area (TPSA) is 71.5 Å². The number of benzene rings is 1. The molecule has 3 heterocycles. The molecular formula is C21H23N3O3S. The molecule has 1 aliphatic heterocycles. The lowest BCUT2D eigenvalue weighted by Crippen LogP contribution is -2.46. The van der Waals surface area contributed by atoms with Crippen molar-refractivity contribution in [2.24, 2.45) is 0 Å². The van der Waals surface area contributed by atoms with Crippen LogP contribution in [0.2, 0.25) is 0 Å². The number of fused-ring (bicyclic) bond motifs is 5. The van der Waals surface area contributed by atoms with E-state index in [1.165, 1.54) is 16.2 Å². The van der Waals surface area contributed by atoms with Crippen LogP contribution in [-0.4, -0.2) is 40.1 Å². The van der Waals surface area contributed by atoms with Crippen molar-refractivity contribution in [2.45, 2.75) is 46.3 Å². The molecule has 0 saturated carbocycles. The first-order valence-corrected chi connectivity index (χ1v) is 10.1. The number of rotatable bonds is 0. The van der Waals surface area contributed by atoms with E-state index in [2.05, 4.69) is 10.3 Å². The van der Waals surface area contributed by atoms with Crippen LogP contribution in [-0.2, 0) is 4.74 Å². The summed E-state index contributed by atoms with van der Waals surface area (Å²) in [5, 5.41) is 5.38. The van der Waals surface area contributed by atoms with Crippen LogP contribution in [0.4, 0.5) is 10.5 Å². The quantitative estimate of drug-likeness (QED) is 0.581. The predicted molar refractivity (Wildman–Crippen MR) is 112 cm³/mol. The number of thiophene rings is 1. The van der Waals surface area contributed by atoms with Crippen LogP contribution in [0.15, 0.2) is 24.3 Å². The summed E-state index contributed by atoms with van der Waals surface area (Å²) < 4.78 is 6.47. The molecule has 1 aliphatic rings. The minimum Gasteiger partial charge on any atom is -0.443 e. The van der Waals surface area contributed by atoms with Crippen molar-refractivity contribution in [2.75, 3.05) is 11.9 Å². The number of ether oxygens (including phenoxy) is 1. The van der Waals surface area contributed by atoms with Gasteiger partial charge in [-0.15, -0.1) is 11.3 Å². The van der Waals surface area contributed by atoms with Gasteiger partial charge in [-0.25, -0.2) is 9.69 Å². The molecule has 146 valence electrons. The first kappa shape index (κ1) is 18.7. The van der Waals surface area contributed by atoms with E-state index in [9.17, 15) is 9.59 Å². The maximum absolute atomic E-state index is 13.3. The summed E-state index contributed by atoms with van der Waals surface area (Å²) in [5.41, 5.74) is 1.95. The number of pyridine rings is 1. The van der Waals surface area contributed by atoms with Gasteiger partial charge in [0.1, 0.15) is 10.5 Å². The van der Waals surface area contributed by atoms with Crippen LogP contribution in [0.5, 0.6) is 0 Å². The lowest BCUT2D eigenvalue weighted by atomic mass is 10.1. The Hall–Kier alpha value is -2.67. The van der Waals surface area contributed by atoms with Gasteiger partial charge in [-0.1, -0.05) is 6.07 Å². The molecule has 0 saturated heterocycles. The summed E-state index contributed by atoms with van der Waals surface area (Å²) in [6.07, 6.45) is -0.612. The maximum atomic E-state index is 13.3. The molecule has 6 nitrogen and oxygen atoms in total. The molecule has 2 aromatic heterocycles. The van der Waals surface area contributed by atoms with E-state index in [0.717, 1.165) is 32.4 Å². The molecule has 0 radical (unpaired) electrons. The molecule has 4 rings (SSSR count). The lowest BCUT2D eigenvalue weighted by Gasteiger charge is -2.28. The summed E-state index contributed by atoms with van der Waals surface area (Å²) in [7, 11) is 0. The number of amides is 2. The first-order chi connectivity index (χ1) is 13.2. The fraction of sp³-hybridized carbons (Fsp3) is 0.381. The number of nitrogens with zero attached hydrogens (tertiary/aromatic N) is 2. The van der Waals surface area contributed by atoms with Crippen molar-refractivity contribution in [1.29, 1.82) is 0 Å². The summed E-state index contributed by atoms with van der Waals surface area (Å²) in [4.78, 5) is 32.4. The number of carbonyl (C=O) groups is 2. The molecule has 3 aromatic rings. The molecule has 1 atom stereocenters. The molecule has 0 bridgehead atoms. The lowest BCUT2D eigenvalue weighted by molar-refractivity contribution is 0.0192. The number of hydrogen-bond acceptors (Lipinski definition) is 6. The molecular weight excluding hydrogens is 374 g/mol. The van der Waals surface area contributed by atoms with Crippen LogP contribution < -0.4 is 5.32 Å². The van der Waals surface area contributed by atoms with Gasteiger partial charge in [-0.05, 0) is 52.8 Å². The monoisotopic (exact) mass is 397 g/mol. The zero-order valence-electron chi connectivity index (χ0n) is 16.6. The average molecular weight is 398 g/mol. The Kier molecular flexibility index (Phi) is 4.30. The second kappa shape index (κ2) is 6.44. The molecule has 2 amide bonds. The Labute approximate surface area is 167 Å². The van der Waals surface area contributed by atoms with Gasteiger partial charge in [0.15, 0.2) is 0 Å². The fourth-order valence-electron chi connectivity index (χ4n) is 3.45. The third-order valence-electron chi connectivity index (χ3n) is 4.68. The minimum absolute atomic E-state index is 0.323. The molecule has 0 spiro atoms. The summed E-state index contributed by atoms with van der Waals surface area (Å²) in [5.74, 6) is -0.323.